The van der Waals surface area contributed by atoms with Crippen LogP contribution in [0.5, 0.6) is 0 Å². The van der Waals surface area contributed by atoms with E-state index in [9.17, 15) is 9.18 Å². The third-order valence-electron chi connectivity index (χ3n) is 2.73. The van der Waals surface area contributed by atoms with E-state index in [2.05, 4.69) is 10.6 Å². The van der Waals surface area contributed by atoms with E-state index < -0.39 is 11.9 Å². The SMILES string of the molecule is CC(Nc1cc(F)cc(C#N)c1)C(=O)NC1CC1. The van der Waals surface area contributed by atoms with Crippen molar-refractivity contribution in [3.63, 3.8) is 0 Å². The summed E-state index contributed by atoms with van der Waals surface area (Å²) in [4.78, 5) is 11.7. The molecular formula is C13H14FN3O. The van der Waals surface area contributed by atoms with Crippen LogP contribution in [0.25, 0.3) is 0 Å². The van der Waals surface area contributed by atoms with Crippen LogP contribution < -0.4 is 10.6 Å². The number of halogens is 1. The third-order valence-corrected chi connectivity index (χ3v) is 2.73. The maximum absolute atomic E-state index is 13.2. The van der Waals surface area contributed by atoms with E-state index in [4.69, 9.17) is 5.26 Å². The fraction of sp³-hybridized carbons (Fsp3) is 0.385. The average molecular weight is 247 g/mol. The quantitative estimate of drug-likeness (QED) is 0.852. The normalized spacial score (nSPS) is 15.6. The number of hydrogen-bond donors (Lipinski definition) is 2. The molecule has 1 aromatic rings. The highest BCUT2D eigenvalue weighted by atomic mass is 19.1. The summed E-state index contributed by atoms with van der Waals surface area (Å²) in [5, 5.41) is 14.5. The van der Waals surface area contributed by atoms with Gasteiger partial charge >= 0.3 is 0 Å². The van der Waals surface area contributed by atoms with Crippen molar-refractivity contribution < 1.29 is 9.18 Å². The van der Waals surface area contributed by atoms with E-state index in [-0.39, 0.29) is 11.5 Å². The predicted octanol–water partition coefficient (Wildman–Crippen LogP) is 1.78. The summed E-state index contributed by atoms with van der Waals surface area (Å²) in [5.41, 5.74) is 0.664. The molecule has 1 amide bonds. The van der Waals surface area contributed by atoms with Crippen LogP contribution in [0.1, 0.15) is 25.3 Å². The lowest BCUT2D eigenvalue weighted by Gasteiger charge is -2.15. The van der Waals surface area contributed by atoms with Crippen molar-refractivity contribution in [2.24, 2.45) is 0 Å². The maximum Gasteiger partial charge on any atom is 0.242 e. The van der Waals surface area contributed by atoms with Crippen molar-refractivity contribution in [3.8, 4) is 6.07 Å². The minimum Gasteiger partial charge on any atom is -0.374 e. The molecule has 0 aromatic heterocycles. The molecule has 1 saturated carbocycles. The fourth-order valence-electron chi connectivity index (χ4n) is 1.61. The molecule has 1 atom stereocenters. The van der Waals surface area contributed by atoms with Crippen molar-refractivity contribution in [2.75, 3.05) is 5.32 Å². The van der Waals surface area contributed by atoms with Crippen molar-refractivity contribution >= 4 is 11.6 Å². The van der Waals surface area contributed by atoms with Crippen molar-refractivity contribution in [2.45, 2.75) is 31.8 Å². The molecule has 1 aromatic carbocycles. The Morgan fingerprint density at radius 3 is 2.83 bits per heavy atom. The summed E-state index contributed by atoms with van der Waals surface area (Å²) in [6.07, 6.45) is 2.05. The van der Waals surface area contributed by atoms with Gasteiger partial charge in [-0.05, 0) is 38.0 Å². The van der Waals surface area contributed by atoms with Crippen molar-refractivity contribution in [3.05, 3.63) is 29.6 Å². The molecule has 2 N–H and O–H groups in total. The van der Waals surface area contributed by atoms with Gasteiger partial charge in [-0.25, -0.2) is 4.39 Å². The zero-order chi connectivity index (χ0) is 13.1. The topological polar surface area (TPSA) is 64.9 Å². The Balaban J connectivity index is 2.01. The lowest BCUT2D eigenvalue weighted by Crippen LogP contribution is -2.38. The summed E-state index contributed by atoms with van der Waals surface area (Å²) in [6, 6.07) is 5.64. The zero-order valence-electron chi connectivity index (χ0n) is 10.0. The van der Waals surface area contributed by atoms with Gasteiger partial charge in [0.25, 0.3) is 0 Å². The number of nitriles is 1. The van der Waals surface area contributed by atoms with Crippen molar-refractivity contribution in [1.82, 2.24) is 5.32 Å². The summed E-state index contributed by atoms with van der Waals surface area (Å²) in [6.45, 7) is 1.70. The number of anilines is 1. The lowest BCUT2D eigenvalue weighted by molar-refractivity contribution is -0.121. The van der Waals surface area contributed by atoms with Gasteiger partial charge in [-0.1, -0.05) is 0 Å². The fourth-order valence-corrected chi connectivity index (χ4v) is 1.61. The molecule has 1 fully saturated rings. The number of benzene rings is 1. The second-order valence-electron chi connectivity index (χ2n) is 4.49. The number of carbonyl (C=O) groups is 1. The first-order valence-electron chi connectivity index (χ1n) is 5.86. The van der Waals surface area contributed by atoms with Crippen LogP contribution in [0.2, 0.25) is 0 Å². The summed E-state index contributed by atoms with van der Waals surface area (Å²) >= 11 is 0. The van der Waals surface area contributed by atoms with Crippen LogP contribution in [0.3, 0.4) is 0 Å². The molecule has 94 valence electrons. The summed E-state index contributed by atoms with van der Waals surface area (Å²) in [5.74, 6) is -0.605. The second-order valence-corrected chi connectivity index (χ2v) is 4.49. The lowest BCUT2D eigenvalue weighted by atomic mass is 10.2. The Morgan fingerprint density at radius 2 is 2.22 bits per heavy atom. The average Bonchev–Trinajstić information content (AvgIpc) is 3.11. The maximum atomic E-state index is 13.2. The highest BCUT2D eigenvalue weighted by molar-refractivity contribution is 5.84. The van der Waals surface area contributed by atoms with Crippen LogP contribution in [0, 0.1) is 17.1 Å². The van der Waals surface area contributed by atoms with E-state index >= 15 is 0 Å². The summed E-state index contributed by atoms with van der Waals surface area (Å²) < 4.78 is 13.2. The Morgan fingerprint density at radius 1 is 1.50 bits per heavy atom. The van der Waals surface area contributed by atoms with Crippen molar-refractivity contribution in [1.29, 1.82) is 5.26 Å². The van der Waals surface area contributed by atoms with Crippen LogP contribution in [0.15, 0.2) is 18.2 Å². The highest BCUT2D eigenvalue weighted by Gasteiger charge is 2.25. The number of hydrogen-bond acceptors (Lipinski definition) is 3. The minimum absolute atomic E-state index is 0.111. The number of carbonyl (C=O) groups excluding carboxylic acids is 1. The molecule has 5 heteroatoms. The Hall–Kier alpha value is -2.09. The van der Waals surface area contributed by atoms with Crippen LogP contribution in [0.4, 0.5) is 10.1 Å². The molecule has 0 bridgehead atoms. The number of amides is 1. The van der Waals surface area contributed by atoms with E-state index in [0.717, 1.165) is 18.9 Å². The predicted molar refractivity (Wildman–Crippen MR) is 65.4 cm³/mol. The number of nitrogens with one attached hydrogen (secondary N) is 2. The van der Waals surface area contributed by atoms with Gasteiger partial charge < -0.3 is 10.6 Å². The smallest absolute Gasteiger partial charge is 0.242 e. The monoisotopic (exact) mass is 247 g/mol. The van der Waals surface area contributed by atoms with Gasteiger partial charge in [0.2, 0.25) is 5.91 Å². The first-order chi connectivity index (χ1) is 8.58. The van der Waals surface area contributed by atoms with E-state index in [0.29, 0.717) is 11.7 Å². The van der Waals surface area contributed by atoms with Gasteiger partial charge in [0.15, 0.2) is 0 Å². The minimum atomic E-state index is -0.494. The molecule has 4 nitrogen and oxygen atoms in total. The third kappa shape index (κ3) is 3.20. The molecule has 0 saturated heterocycles. The first kappa shape index (κ1) is 12.4. The highest BCUT2D eigenvalue weighted by Crippen LogP contribution is 2.19. The second kappa shape index (κ2) is 5.05. The van der Waals surface area contributed by atoms with Crippen LogP contribution in [-0.2, 0) is 4.79 Å². The molecule has 1 aliphatic carbocycles. The van der Waals surface area contributed by atoms with E-state index in [1.165, 1.54) is 12.1 Å². The van der Waals surface area contributed by atoms with E-state index in [1.54, 1.807) is 6.92 Å². The first-order valence-corrected chi connectivity index (χ1v) is 5.86. The van der Waals surface area contributed by atoms with Gasteiger partial charge in [-0.15, -0.1) is 0 Å². The zero-order valence-corrected chi connectivity index (χ0v) is 10.0. The molecule has 1 aliphatic rings. The largest absolute Gasteiger partial charge is 0.374 e. The van der Waals surface area contributed by atoms with Gasteiger partial charge in [0, 0.05) is 11.7 Å². The van der Waals surface area contributed by atoms with Gasteiger partial charge in [-0.2, -0.15) is 5.26 Å². The molecule has 2 rings (SSSR count). The van der Waals surface area contributed by atoms with Crippen LogP contribution in [-0.4, -0.2) is 18.0 Å². The standard InChI is InChI=1S/C13H14FN3O/c1-8(13(18)17-11-2-3-11)16-12-5-9(7-15)4-10(14)6-12/h4-6,8,11,16H,2-3H2,1H3,(H,17,18). The molecule has 0 heterocycles. The molecule has 0 radical (unpaired) electrons. The molecule has 0 spiro atoms. The molecule has 18 heavy (non-hydrogen) atoms. The Kier molecular flexibility index (Phi) is 3.47. The Bertz CT molecular complexity index is 505. The molecule has 0 aliphatic heterocycles. The van der Waals surface area contributed by atoms with Gasteiger partial charge in [0.1, 0.15) is 11.9 Å². The number of rotatable bonds is 4. The summed E-state index contributed by atoms with van der Waals surface area (Å²) in [7, 11) is 0. The molecule has 1 unspecified atom stereocenters. The van der Waals surface area contributed by atoms with Crippen LogP contribution >= 0.6 is 0 Å². The number of nitrogens with zero attached hydrogens (tertiary/aromatic N) is 1. The molecular weight excluding hydrogens is 233 g/mol. The Labute approximate surface area is 105 Å². The van der Waals surface area contributed by atoms with Gasteiger partial charge in [-0.3, -0.25) is 4.79 Å². The van der Waals surface area contributed by atoms with E-state index in [1.807, 2.05) is 6.07 Å². The van der Waals surface area contributed by atoms with Gasteiger partial charge in [0.05, 0.1) is 11.6 Å².